The summed E-state index contributed by atoms with van der Waals surface area (Å²) in [6.07, 6.45) is 0. The minimum absolute atomic E-state index is 0.313. The molecule has 113 valence electrons. The van der Waals surface area contributed by atoms with Crippen LogP contribution < -0.4 is 5.19 Å². The molecule has 1 aromatic carbocycles. The minimum atomic E-state index is -1.50. The number of benzene rings is 1. The first-order chi connectivity index (χ1) is 8.91. The van der Waals surface area contributed by atoms with Gasteiger partial charge in [0.15, 0.2) is 0 Å². The van der Waals surface area contributed by atoms with E-state index in [-0.39, 0.29) is 0 Å². The van der Waals surface area contributed by atoms with Gasteiger partial charge in [-0.15, -0.1) is 0 Å². The molecule has 0 atom stereocenters. The Labute approximate surface area is 133 Å². The molecular formula is C16H28FOSiTi. The van der Waals surface area contributed by atoms with Crippen molar-refractivity contribution in [3.63, 3.8) is 0 Å². The molecular weight excluding hydrogens is 303 g/mol. The monoisotopic (exact) mass is 331 g/mol. The molecule has 0 saturated carbocycles. The smallest absolute Gasteiger partial charge is 0.115 e. The van der Waals surface area contributed by atoms with Crippen LogP contribution in [0.25, 0.3) is 0 Å². The Hall–Kier alpha value is -0.249. The molecule has 0 amide bonds. The van der Waals surface area contributed by atoms with Crippen LogP contribution in [0, 0.1) is 6.92 Å². The van der Waals surface area contributed by atoms with Crippen molar-refractivity contribution in [2.45, 2.75) is 59.7 Å². The number of phenolic OH excluding ortho intramolecular Hbond substituents is 1. The summed E-state index contributed by atoms with van der Waals surface area (Å²) >= 11 is -1.14. The van der Waals surface area contributed by atoms with Gasteiger partial charge in [0.25, 0.3) is 0 Å². The Kier molecular flexibility index (Phi) is 7.58. The maximum Gasteiger partial charge on any atom is 0.115 e. The summed E-state index contributed by atoms with van der Waals surface area (Å²) in [7, 11) is -1.50. The maximum atomic E-state index is 11.2. The molecule has 1 aromatic rings. The summed E-state index contributed by atoms with van der Waals surface area (Å²) in [5.74, 6) is 0.398. The second-order valence-corrected chi connectivity index (χ2v) is 14.2. The van der Waals surface area contributed by atoms with Crippen LogP contribution in [0.4, 0.5) is 3.09 Å². The number of phenols is 1. The summed E-state index contributed by atoms with van der Waals surface area (Å²) in [6.45, 7) is 17.3. The van der Waals surface area contributed by atoms with Gasteiger partial charge >= 0.3 is 40.0 Å². The molecule has 1 nitrogen and oxygen atoms in total. The number of aryl methyl sites for hydroxylation is 1. The Morgan fingerprint density at radius 3 is 1.90 bits per heavy atom. The first kappa shape index (κ1) is 19.8. The first-order valence-electron chi connectivity index (χ1n) is 6.89. The SMILES string of the molecule is C[C](C)=[Ti][F].Cc1cc(O)cc([Si](C)(C)C(C)(C)C)c1. The van der Waals surface area contributed by atoms with Gasteiger partial charge in [0, 0.05) is 0 Å². The zero-order valence-corrected chi connectivity index (χ0v) is 16.6. The molecule has 0 fully saturated rings. The summed E-state index contributed by atoms with van der Waals surface area (Å²) in [6, 6.07) is 5.97. The number of aromatic hydroxyl groups is 1. The molecule has 0 aliphatic carbocycles. The van der Waals surface area contributed by atoms with E-state index in [2.05, 4.69) is 39.9 Å². The Balaban J connectivity index is 0.000000621. The van der Waals surface area contributed by atoms with Gasteiger partial charge in [-0.3, -0.25) is 0 Å². The van der Waals surface area contributed by atoms with Crippen molar-refractivity contribution in [2.24, 2.45) is 0 Å². The molecule has 0 aliphatic rings. The largest absolute Gasteiger partial charge is 0.508 e. The predicted octanol–water partition coefficient (Wildman–Crippen LogP) is 4.58. The van der Waals surface area contributed by atoms with E-state index in [4.69, 9.17) is 0 Å². The van der Waals surface area contributed by atoms with Crippen LogP contribution in [0.15, 0.2) is 18.2 Å². The van der Waals surface area contributed by atoms with E-state index in [1.807, 2.05) is 32.9 Å². The van der Waals surface area contributed by atoms with Crippen molar-refractivity contribution in [1.29, 1.82) is 0 Å². The molecule has 20 heavy (non-hydrogen) atoms. The summed E-state index contributed by atoms with van der Waals surface area (Å²) < 4.78 is 12.2. The fraction of sp³-hybridized carbons (Fsp3) is 0.562. The van der Waals surface area contributed by atoms with E-state index in [1.165, 1.54) is 5.19 Å². The fourth-order valence-corrected chi connectivity index (χ4v) is 3.52. The van der Waals surface area contributed by atoms with Crippen molar-refractivity contribution in [1.82, 2.24) is 0 Å². The van der Waals surface area contributed by atoms with E-state index in [9.17, 15) is 8.20 Å². The minimum Gasteiger partial charge on any atom is -0.508 e. The molecule has 4 heteroatoms. The van der Waals surface area contributed by atoms with Crippen molar-refractivity contribution in [2.75, 3.05) is 0 Å². The van der Waals surface area contributed by atoms with Crippen LogP contribution in [0.3, 0.4) is 0 Å². The first-order valence-corrected chi connectivity index (χ1v) is 11.3. The van der Waals surface area contributed by atoms with Crippen molar-refractivity contribution >= 4 is 17.1 Å². The third-order valence-electron chi connectivity index (χ3n) is 3.85. The number of halogens is 1. The normalized spacial score (nSPS) is 11.2. The zero-order valence-electron chi connectivity index (χ0n) is 14.1. The van der Waals surface area contributed by atoms with Crippen LogP contribution in [0.2, 0.25) is 18.1 Å². The summed E-state index contributed by atoms with van der Waals surface area (Å²) in [4.78, 5) is 0. The molecule has 1 N–H and O–H groups in total. The average Bonchev–Trinajstić information content (AvgIpc) is 2.26. The average molecular weight is 331 g/mol. The van der Waals surface area contributed by atoms with Gasteiger partial charge in [0.1, 0.15) is 5.75 Å². The van der Waals surface area contributed by atoms with E-state index < -0.39 is 27.3 Å². The van der Waals surface area contributed by atoms with E-state index in [1.54, 1.807) is 0 Å². The van der Waals surface area contributed by atoms with Crippen LogP contribution in [0.5, 0.6) is 5.75 Å². The van der Waals surface area contributed by atoms with Crippen molar-refractivity contribution in [3.8, 4) is 5.75 Å². The summed E-state index contributed by atoms with van der Waals surface area (Å²) in [5, 5.41) is 11.3. The zero-order chi connectivity index (χ0) is 16.1. The van der Waals surface area contributed by atoms with Gasteiger partial charge in [0.2, 0.25) is 0 Å². The van der Waals surface area contributed by atoms with E-state index in [0.717, 1.165) is 9.37 Å². The maximum absolute atomic E-state index is 11.2. The van der Waals surface area contributed by atoms with Crippen molar-refractivity contribution in [3.05, 3.63) is 23.8 Å². The second-order valence-electron chi connectivity index (χ2n) is 7.03. The molecule has 0 aromatic heterocycles. The van der Waals surface area contributed by atoms with Gasteiger partial charge < -0.3 is 5.11 Å². The number of hydrogen-bond acceptors (Lipinski definition) is 1. The van der Waals surface area contributed by atoms with Gasteiger partial charge in [-0.05, 0) is 29.7 Å². The molecule has 0 unspecified atom stereocenters. The van der Waals surface area contributed by atoms with Crippen LogP contribution in [0.1, 0.15) is 40.2 Å². The van der Waals surface area contributed by atoms with Crippen LogP contribution in [-0.4, -0.2) is 17.0 Å². The molecule has 1 rings (SSSR count). The third-order valence-corrected chi connectivity index (χ3v) is 9.92. The Bertz CT molecular complexity index is 452. The van der Waals surface area contributed by atoms with Crippen LogP contribution in [-0.2, 0) is 19.2 Å². The molecule has 0 saturated heterocycles. The third kappa shape index (κ3) is 6.03. The predicted molar refractivity (Wildman–Crippen MR) is 87.1 cm³/mol. The Morgan fingerprint density at radius 1 is 1.15 bits per heavy atom. The molecule has 0 aliphatic heterocycles. The van der Waals surface area contributed by atoms with E-state index >= 15 is 0 Å². The van der Waals surface area contributed by atoms with E-state index in [0.29, 0.717) is 10.8 Å². The quantitative estimate of drug-likeness (QED) is 0.747. The Morgan fingerprint density at radius 2 is 1.60 bits per heavy atom. The van der Waals surface area contributed by atoms with Gasteiger partial charge in [0.05, 0.1) is 8.07 Å². The standard InChI is InChI=1S/C13H22OSi.C3H6.FH.Ti/c1-10-7-11(14)9-12(8-10)15(5,6)13(2,3)4;1-3-2;;/h7-9,14H,1-6H3;1-2H3;1H;/q;;;+1/p-1. The molecule has 0 bridgehead atoms. The van der Waals surface area contributed by atoms with Gasteiger partial charge in [-0.1, -0.05) is 45.1 Å². The van der Waals surface area contributed by atoms with Gasteiger partial charge in [-0.2, -0.15) is 0 Å². The fourth-order valence-electron chi connectivity index (χ4n) is 1.56. The number of hydrogen-bond donors (Lipinski definition) is 1. The molecule has 0 heterocycles. The topological polar surface area (TPSA) is 20.2 Å². The van der Waals surface area contributed by atoms with Crippen LogP contribution >= 0.6 is 0 Å². The second kappa shape index (κ2) is 7.67. The number of rotatable bonds is 1. The molecule has 0 spiro atoms. The summed E-state index contributed by atoms with van der Waals surface area (Å²) in [5.41, 5.74) is 1.15. The van der Waals surface area contributed by atoms with Crippen molar-refractivity contribution < 1.29 is 27.4 Å². The molecule has 0 radical (unpaired) electrons. The van der Waals surface area contributed by atoms with Gasteiger partial charge in [-0.25, -0.2) is 0 Å².